The van der Waals surface area contributed by atoms with Gasteiger partial charge in [0.05, 0.1) is 12.1 Å². The van der Waals surface area contributed by atoms with Crippen LogP contribution in [0.2, 0.25) is 0 Å². The van der Waals surface area contributed by atoms with E-state index in [1.165, 1.54) is 6.08 Å². The number of likely N-dealkylation sites (N-methyl/N-ethyl adjacent to an activating group) is 1. The summed E-state index contributed by atoms with van der Waals surface area (Å²) in [5.74, 6) is -0.108. The van der Waals surface area contributed by atoms with Gasteiger partial charge in [0.15, 0.2) is 5.65 Å². The van der Waals surface area contributed by atoms with Crippen LogP contribution in [0, 0.1) is 0 Å². The van der Waals surface area contributed by atoms with Gasteiger partial charge in [-0.1, -0.05) is 18.2 Å². The van der Waals surface area contributed by atoms with Gasteiger partial charge in [0.1, 0.15) is 0 Å². The van der Waals surface area contributed by atoms with E-state index >= 15 is 0 Å². The number of aryl methyl sites for hydroxylation is 1. The number of hydrogen-bond donors (Lipinski definition) is 2. The van der Waals surface area contributed by atoms with Crippen LogP contribution in [-0.4, -0.2) is 37.4 Å². The number of nitrogens with zero attached hydrogens (tertiary/aromatic N) is 3. The maximum atomic E-state index is 12.5. The lowest BCUT2D eigenvalue weighted by molar-refractivity contribution is -0.125. The van der Waals surface area contributed by atoms with Gasteiger partial charge in [-0.15, -0.1) is 0 Å². The van der Waals surface area contributed by atoms with E-state index in [1.807, 2.05) is 19.2 Å². The Morgan fingerprint density at radius 3 is 2.89 bits per heavy atom. The number of carbonyl (C=O) groups excluding carboxylic acids is 1. The van der Waals surface area contributed by atoms with Gasteiger partial charge in [0, 0.05) is 37.6 Å². The lowest BCUT2D eigenvalue weighted by atomic mass is 10.2. The molecule has 7 heteroatoms. The zero-order chi connectivity index (χ0) is 19.0. The fraction of sp³-hybridized carbons (Fsp3) is 0.150. The van der Waals surface area contributed by atoms with E-state index in [0.717, 1.165) is 22.2 Å². The molecule has 0 spiro atoms. The van der Waals surface area contributed by atoms with Crippen LogP contribution in [0.15, 0.2) is 53.5 Å². The molecule has 7 nitrogen and oxygen atoms in total. The van der Waals surface area contributed by atoms with Crippen molar-refractivity contribution in [2.24, 2.45) is 7.05 Å². The summed E-state index contributed by atoms with van der Waals surface area (Å²) in [5, 5.41) is 1.16. The van der Waals surface area contributed by atoms with Crippen molar-refractivity contribution in [1.29, 1.82) is 0 Å². The SMILES string of the molecule is CN(Cc1cc2ccccc2n1C)C(=O)C=Cc1cnc2[nH]c(=O)[nH]c2c1. The molecule has 0 bridgehead atoms. The molecule has 27 heavy (non-hydrogen) atoms. The zero-order valence-electron chi connectivity index (χ0n) is 15.1. The highest BCUT2D eigenvalue weighted by molar-refractivity contribution is 5.92. The largest absolute Gasteiger partial charge is 0.346 e. The van der Waals surface area contributed by atoms with Crippen LogP contribution in [0.3, 0.4) is 0 Å². The standard InChI is InChI=1S/C20H19N5O2/c1-24(12-15-10-14-5-3-4-6-17(14)25(15)2)18(26)8-7-13-9-16-19(21-11-13)23-20(27)22-16/h3-11H,12H2,1-2H3,(H2,21,22,23,27). The molecule has 3 heterocycles. The number of amides is 1. The Hall–Kier alpha value is -3.61. The van der Waals surface area contributed by atoms with Gasteiger partial charge in [-0.3, -0.25) is 9.78 Å². The fourth-order valence-electron chi connectivity index (χ4n) is 3.14. The second-order valence-electron chi connectivity index (χ2n) is 6.53. The van der Waals surface area contributed by atoms with Crippen molar-refractivity contribution in [1.82, 2.24) is 24.4 Å². The van der Waals surface area contributed by atoms with Gasteiger partial charge >= 0.3 is 5.69 Å². The number of aromatic amines is 2. The molecule has 0 aliphatic carbocycles. The van der Waals surface area contributed by atoms with Crippen LogP contribution >= 0.6 is 0 Å². The van der Waals surface area contributed by atoms with Crippen molar-refractivity contribution in [3.05, 3.63) is 70.4 Å². The second-order valence-corrected chi connectivity index (χ2v) is 6.53. The van der Waals surface area contributed by atoms with Crippen LogP contribution < -0.4 is 5.69 Å². The predicted molar refractivity (Wildman–Crippen MR) is 105 cm³/mol. The average molecular weight is 361 g/mol. The maximum absolute atomic E-state index is 12.5. The first-order valence-electron chi connectivity index (χ1n) is 8.56. The van der Waals surface area contributed by atoms with E-state index in [-0.39, 0.29) is 11.6 Å². The van der Waals surface area contributed by atoms with Crippen LogP contribution in [-0.2, 0) is 18.4 Å². The van der Waals surface area contributed by atoms with Crippen LogP contribution in [0.5, 0.6) is 0 Å². The highest BCUT2D eigenvalue weighted by atomic mass is 16.2. The summed E-state index contributed by atoms with van der Waals surface area (Å²) in [6.07, 6.45) is 4.81. The van der Waals surface area contributed by atoms with E-state index in [4.69, 9.17) is 0 Å². The molecule has 4 aromatic rings. The molecule has 0 atom stereocenters. The minimum Gasteiger partial charge on any atom is -0.346 e. The average Bonchev–Trinajstić information content (AvgIpc) is 3.18. The first-order chi connectivity index (χ1) is 13.0. The molecule has 0 saturated heterocycles. The van der Waals surface area contributed by atoms with Gasteiger partial charge < -0.3 is 14.5 Å². The Labute approximate surface area is 155 Å². The number of imidazole rings is 1. The molecule has 4 rings (SSSR count). The summed E-state index contributed by atoms with van der Waals surface area (Å²) in [6.45, 7) is 0.511. The minimum atomic E-state index is -0.301. The van der Waals surface area contributed by atoms with Crippen molar-refractivity contribution >= 4 is 34.1 Å². The highest BCUT2D eigenvalue weighted by Crippen LogP contribution is 2.19. The molecule has 1 amide bonds. The predicted octanol–water partition coefficient (Wildman–Crippen LogP) is 2.41. The fourth-order valence-corrected chi connectivity index (χ4v) is 3.14. The molecule has 0 saturated carbocycles. The van der Waals surface area contributed by atoms with Gasteiger partial charge in [-0.2, -0.15) is 0 Å². The lowest BCUT2D eigenvalue weighted by Crippen LogP contribution is -2.25. The van der Waals surface area contributed by atoms with E-state index < -0.39 is 0 Å². The van der Waals surface area contributed by atoms with Crippen molar-refractivity contribution in [2.75, 3.05) is 7.05 Å². The van der Waals surface area contributed by atoms with Crippen molar-refractivity contribution in [2.45, 2.75) is 6.54 Å². The van der Waals surface area contributed by atoms with Crippen LogP contribution in [0.1, 0.15) is 11.3 Å². The van der Waals surface area contributed by atoms with Crippen molar-refractivity contribution in [3.63, 3.8) is 0 Å². The number of rotatable bonds is 4. The summed E-state index contributed by atoms with van der Waals surface area (Å²) < 4.78 is 2.10. The van der Waals surface area contributed by atoms with Crippen LogP contribution in [0.25, 0.3) is 28.1 Å². The molecular weight excluding hydrogens is 342 g/mol. The number of H-pyrrole nitrogens is 2. The molecule has 0 aliphatic heterocycles. The number of benzene rings is 1. The number of nitrogens with one attached hydrogen (secondary N) is 2. The summed E-state index contributed by atoms with van der Waals surface area (Å²) in [4.78, 5) is 34.8. The molecule has 2 N–H and O–H groups in total. The number of pyridine rings is 1. The van der Waals surface area contributed by atoms with E-state index in [0.29, 0.717) is 17.7 Å². The van der Waals surface area contributed by atoms with Gasteiger partial charge in [0.25, 0.3) is 0 Å². The van der Waals surface area contributed by atoms with E-state index in [1.54, 1.807) is 30.3 Å². The third kappa shape index (κ3) is 3.27. The molecular formula is C20H19N5O2. The van der Waals surface area contributed by atoms with E-state index in [9.17, 15) is 9.59 Å². The number of fused-ring (bicyclic) bond motifs is 2. The summed E-state index contributed by atoms with van der Waals surface area (Å²) in [6, 6.07) is 12.0. The number of aromatic nitrogens is 4. The summed E-state index contributed by atoms with van der Waals surface area (Å²) in [7, 11) is 3.78. The maximum Gasteiger partial charge on any atom is 0.325 e. The topological polar surface area (TPSA) is 86.8 Å². The van der Waals surface area contributed by atoms with Gasteiger partial charge in [-0.05, 0) is 35.2 Å². The minimum absolute atomic E-state index is 0.108. The normalized spacial score (nSPS) is 11.6. The quantitative estimate of drug-likeness (QED) is 0.547. The molecule has 0 radical (unpaired) electrons. The second kappa shape index (κ2) is 6.60. The molecule has 0 aliphatic rings. The summed E-state index contributed by atoms with van der Waals surface area (Å²) >= 11 is 0. The molecule has 3 aromatic heterocycles. The Bertz CT molecular complexity index is 1230. The van der Waals surface area contributed by atoms with Crippen LogP contribution in [0.4, 0.5) is 0 Å². The number of para-hydroxylation sites is 1. The molecule has 136 valence electrons. The smallest absolute Gasteiger partial charge is 0.325 e. The highest BCUT2D eigenvalue weighted by Gasteiger charge is 2.11. The zero-order valence-corrected chi connectivity index (χ0v) is 15.1. The Morgan fingerprint density at radius 2 is 2.07 bits per heavy atom. The summed E-state index contributed by atoms with van der Waals surface area (Å²) in [5.41, 5.74) is 3.75. The van der Waals surface area contributed by atoms with Gasteiger partial charge in [-0.25, -0.2) is 9.78 Å². The third-order valence-corrected chi connectivity index (χ3v) is 4.63. The lowest BCUT2D eigenvalue weighted by Gasteiger charge is -2.15. The molecule has 0 fully saturated rings. The van der Waals surface area contributed by atoms with Gasteiger partial charge in [0.2, 0.25) is 5.91 Å². The molecule has 1 aromatic carbocycles. The Kier molecular flexibility index (Phi) is 4.12. The molecule has 0 unspecified atom stereocenters. The third-order valence-electron chi connectivity index (χ3n) is 4.63. The first-order valence-corrected chi connectivity index (χ1v) is 8.56. The van der Waals surface area contributed by atoms with Crippen molar-refractivity contribution in [3.8, 4) is 0 Å². The monoisotopic (exact) mass is 361 g/mol. The Balaban J connectivity index is 1.50. The van der Waals surface area contributed by atoms with Crippen molar-refractivity contribution < 1.29 is 4.79 Å². The first kappa shape index (κ1) is 16.8. The Morgan fingerprint density at radius 1 is 1.26 bits per heavy atom. The number of hydrogen-bond acceptors (Lipinski definition) is 3. The number of carbonyl (C=O) groups is 1. The van der Waals surface area contributed by atoms with E-state index in [2.05, 4.69) is 37.7 Å².